The zero-order valence-electron chi connectivity index (χ0n) is 18.6. The molecule has 3 heteroatoms. The number of nitrogens with zero attached hydrogens (tertiary/aromatic N) is 1. The lowest BCUT2D eigenvalue weighted by Gasteiger charge is -2.36. The average molecular weight is 376 g/mol. The monoisotopic (exact) mass is 375 g/mol. The van der Waals surface area contributed by atoms with E-state index in [-0.39, 0.29) is 5.41 Å². The van der Waals surface area contributed by atoms with E-state index in [9.17, 15) is 5.11 Å². The van der Waals surface area contributed by atoms with Crippen molar-refractivity contribution in [3.8, 4) is 5.75 Å². The van der Waals surface area contributed by atoms with Crippen molar-refractivity contribution in [2.75, 3.05) is 26.2 Å². The number of ether oxygens (including phenoxy) is 1. The van der Waals surface area contributed by atoms with Gasteiger partial charge in [-0.25, -0.2) is 0 Å². The Hall–Kier alpha value is -1.06. The minimum Gasteiger partial charge on any atom is -0.491 e. The van der Waals surface area contributed by atoms with Crippen LogP contribution in [-0.4, -0.2) is 42.4 Å². The van der Waals surface area contributed by atoms with Crippen LogP contribution in [0.4, 0.5) is 0 Å². The molecule has 1 fully saturated rings. The standard InChI is InChI=1S/C24H41NO2/c1-18-12-19(2)14-25(13-18)15-21(26)16-27-22-10-8-20(9-11-22)24(6,7)17-23(3,4)5/h8-11,18-19,21,26H,12-17H2,1-7H3/t18-,19+,21-/m1/s1. The van der Waals surface area contributed by atoms with Gasteiger partial charge in [-0.3, -0.25) is 0 Å². The predicted molar refractivity (Wildman–Crippen MR) is 114 cm³/mol. The molecule has 1 aromatic carbocycles. The third kappa shape index (κ3) is 7.46. The van der Waals surface area contributed by atoms with Gasteiger partial charge in [0.05, 0.1) is 0 Å². The largest absolute Gasteiger partial charge is 0.491 e. The topological polar surface area (TPSA) is 32.7 Å². The normalized spacial score (nSPS) is 23.3. The van der Waals surface area contributed by atoms with Crippen LogP contribution < -0.4 is 4.74 Å². The van der Waals surface area contributed by atoms with E-state index in [1.54, 1.807) is 0 Å². The summed E-state index contributed by atoms with van der Waals surface area (Å²) < 4.78 is 5.85. The van der Waals surface area contributed by atoms with Gasteiger partial charge >= 0.3 is 0 Å². The fraction of sp³-hybridized carbons (Fsp3) is 0.750. The second-order valence-electron chi connectivity index (χ2n) is 10.8. The van der Waals surface area contributed by atoms with Gasteiger partial charge in [-0.15, -0.1) is 0 Å². The molecule has 0 amide bonds. The van der Waals surface area contributed by atoms with E-state index in [2.05, 4.69) is 65.5 Å². The van der Waals surface area contributed by atoms with Gasteiger partial charge < -0.3 is 14.7 Å². The van der Waals surface area contributed by atoms with Crippen molar-refractivity contribution in [1.29, 1.82) is 0 Å². The number of aliphatic hydroxyl groups excluding tert-OH is 1. The van der Waals surface area contributed by atoms with E-state index < -0.39 is 6.10 Å². The Kier molecular flexibility index (Phi) is 7.38. The zero-order valence-corrected chi connectivity index (χ0v) is 18.6. The number of hydrogen-bond acceptors (Lipinski definition) is 3. The van der Waals surface area contributed by atoms with Crippen molar-refractivity contribution in [3.63, 3.8) is 0 Å². The van der Waals surface area contributed by atoms with E-state index in [1.807, 2.05) is 12.1 Å². The Morgan fingerprint density at radius 3 is 2.11 bits per heavy atom. The van der Waals surface area contributed by atoms with Crippen LogP contribution in [0.3, 0.4) is 0 Å². The molecular weight excluding hydrogens is 334 g/mol. The molecule has 0 radical (unpaired) electrons. The van der Waals surface area contributed by atoms with Crippen molar-refractivity contribution in [3.05, 3.63) is 29.8 Å². The van der Waals surface area contributed by atoms with Crippen molar-refractivity contribution < 1.29 is 9.84 Å². The maximum absolute atomic E-state index is 10.4. The molecule has 0 spiro atoms. The van der Waals surface area contributed by atoms with Gasteiger partial charge in [0.2, 0.25) is 0 Å². The second kappa shape index (κ2) is 8.96. The van der Waals surface area contributed by atoms with Crippen molar-refractivity contribution in [1.82, 2.24) is 4.90 Å². The number of piperidine rings is 1. The van der Waals surface area contributed by atoms with Gasteiger partial charge in [-0.05, 0) is 53.2 Å². The molecule has 3 nitrogen and oxygen atoms in total. The van der Waals surface area contributed by atoms with Crippen LogP contribution in [0.5, 0.6) is 5.75 Å². The van der Waals surface area contributed by atoms with E-state index in [4.69, 9.17) is 4.74 Å². The number of benzene rings is 1. The number of hydrogen-bond donors (Lipinski definition) is 1. The number of aliphatic hydroxyl groups is 1. The van der Waals surface area contributed by atoms with Gasteiger partial charge in [0.25, 0.3) is 0 Å². The van der Waals surface area contributed by atoms with Gasteiger partial charge in [0, 0.05) is 19.6 Å². The lowest BCUT2D eigenvalue weighted by Crippen LogP contribution is -2.44. The molecule has 2 rings (SSSR count). The molecule has 1 aliphatic rings. The summed E-state index contributed by atoms with van der Waals surface area (Å²) in [5.41, 5.74) is 1.77. The summed E-state index contributed by atoms with van der Waals surface area (Å²) in [7, 11) is 0. The lowest BCUT2D eigenvalue weighted by atomic mass is 9.72. The Balaban J connectivity index is 1.84. The maximum Gasteiger partial charge on any atom is 0.119 e. The van der Waals surface area contributed by atoms with Crippen LogP contribution >= 0.6 is 0 Å². The third-order valence-corrected chi connectivity index (χ3v) is 5.46. The van der Waals surface area contributed by atoms with Crippen LogP contribution in [0.25, 0.3) is 0 Å². The molecule has 0 aliphatic carbocycles. The highest BCUT2D eigenvalue weighted by Gasteiger charge is 2.27. The molecule has 1 heterocycles. The lowest BCUT2D eigenvalue weighted by molar-refractivity contribution is 0.0429. The van der Waals surface area contributed by atoms with Gasteiger partial charge in [0.15, 0.2) is 0 Å². The third-order valence-electron chi connectivity index (χ3n) is 5.46. The van der Waals surface area contributed by atoms with E-state index in [0.29, 0.717) is 30.4 Å². The molecule has 0 saturated carbocycles. The van der Waals surface area contributed by atoms with E-state index in [0.717, 1.165) is 25.3 Å². The second-order valence-corrected chi connectivity index (χ2v) is 10.8. The Morgan fingerprint density at radius 1 is 1.04 bits per heavy atom. The fourth-order valence-electron chi connectivity index (χ4n) is 4.91. The highest BCUT2D eigenvalue weighted by molar-refractivity contribution is 5.31. The molecule has 1 N–H and O–H groups in total. The van der Waals surface area contributed by atoms with Gasteiger partial charge in [-0.1, -0.05) is 60.6 Å². The first-order valence-electron chi connectivity index (χ1n) is 10.6. The van der Waals surface area contributed by atoms with Gasteiger partial charge in [0.1, 0.15) is 18.5 Å². The average Bonchev–Trinajstić information content (AvgIpc) is 2.50. The first-order chi connectivity index (χ1) is 12.4. The molecule has 0 bridgehead atoms. The number of rotatable bonds is 7. The first kappa shape index (κ1) is 22.2. The minimum absolute atomic E-state index is 0.137. The summed E-state index contributed by atoms with van der Waals surface area (Å²) in [6.45, 7) is 19.3. The summed E-state index contributed by atoms with van der Waals surface area (Å²) in [6, 6.07) is 8.41. The van der Waals surface area contributed by atoms with Crippen molar-refractivity contribution in [2.24, 2.45) is 17.3 Å². The quantitative estimate of drug-likeness (QED) is 0.718. The molecule has 3 atom stereocenters. The molecular formula is C24H41NO2. The molecule has 27 heavy (non-hydrogen) atoms. The SMILES string of the molecule is C[C@@H]1C[C@H](C)CN(C[C@@H](O)COc2ccc(C(C)(C)CC(C)(C)C)cc2)C1. The van der Waals surface area contributed by atoms with Crippen LogP contribution in [0, 0.1) is 17.3 Å². The van der Waals surface area contributed by atoms with Crippen LogP contribution in [0.15, 0.2) is 24.3 Å². The van der Waals surface area contributed by atoms with Crippen LogP contribution in [-0.2, 0) is 5.41 Å². The summed E-state index contributed by atoms with van der Waals surface area (Å²) in [6.07, 6.45) is 1.98. The summed E-state index contributed by atoms with van der Waals surface area (Å²) in [5.74, 6) is 2.27. The molecule has 1 saturated heterocycles. The smallest absolute Gasteiger partial charge is 0.119 e. The summed E-state index contributed by atoms with van der Waals surface area (Å²) >= 11 is 0. The van der Waals surface area contributed by atoms with Crippen molar-refractivity contribution in [2.45, 2.75) is 72.8 Å². The maximum atomic E-state index is 10.4. The molecule has 1 aromatic rings. The number of β-amino-alcohol motifs (C(OH)–C–C–N with tert-alkyl or cyclic N) is 1. The first-order valence-corrected chi connectivity index (χ1v) is 10.6. The molecule has 0 aromatic heterocycles. The Labute approximate surface area is 167 Å². The van der Waals surface area contributed by atoms with Gasteiger partial charge in [-0.2, -0.15) is 0 Å². The zero-order chi connectivity index (χ0) is 20.2. The van der Waals surface area contributed by atoms with Crippen LogP contribution in [0.1, 0.15) is 66.9 Å². The van der Waals surface area contributed by atoms with E-state index in [1.165, 1.54) is 12.0 Å². The van der Waals surface area contributed by atoms with Crippen LogP contribution in [0.2, 0.25) is 0 Å². The Morgan fingerprint density at radius 2 is 1.59 bits per heavy atom. The predicted octanol–water partition coefficient (Wildman–Crippen LogP) is 5.12. The van der Waals surface area contributed by atoms with E-state index >= 15 is 0 Å². The van der Waals surface area contributed by atoms with Crippen molar-refractivity contribution >= 4 is 0 Å². The molecule has 154 valence electrons. The summed E-state index contributed by atoms with van der Waals surface area (Å²) in [4.78, 5) is 2.38. The minimum atomic E-state index is -0.445. The molecule has 0 unspecified atom stereocenters. The highest BCUT2D eigenvalue weighted by atomic mass is 16.5. The highest BCUT2D eigenvalue weighted by Crippen LogP contribution is 2.36. The molecule has 1 aliphatic heterocycles. The fourth-order valence-corrected chi connectivity index (χ4v) is 4.91. The number of likely N-dealkylation sites (tertiary alicyclic amines) is 1. The summed E-state index contributed by atoms with van der Waals surface area (Å²) in [5, 5.41) is 10.4. The Bertz CT molecular complexity index is 563.